The predicted molar refractivity (Wildman–Crippen MR) is 152 cm³/mol. The van der Waals surface area contributed by atoms with E-state index in [0.717, 1.165) is 21.0 Å². The molecule has 0 aliphatic carbocycles. The van der Waals surface area contributed by atoms with E-state index in [0.29, 0.717) is 6.42 Å². The molecule has 1 N–H and O–H groups in total. The third-order valence-electron chi connectivity index (χ3n) is 6.13. The van der Waals surface area contributed by atoms with Gasteiger partial charge in [-0.25, -0.2) is 8.42 Å². The Morgan fingerprint density at radius 2 is 1.63 bits per heavy atom. The fourth-order valence-corrected chi connectivity index (χ4v) is 5.98. The lowest BCUT2D eigenvalue weighted by molar-refractivity contribution is -0.140. The van der Waals surface area contributed by atoms with Crippen molar-refractivity contribution in [1.29, 1.82) is 0 Å². The van der Waals surface area contributed by atoms with Gasteiger partial charge in [0.1, 0.15) is 12.6 Å². The summed E-state index contributed by atoms with van der Waals surface area (Å²) < 4.78 is 28.7. The second-order valence-electron chi connectivity index (χ2n) is 8.97. The molecule has 2 amide bonds. The van der Waals surface area contributed by atoms with E-state index in [1.54, 1.807) is 19.1 Å². The average molecular weight is 577 g/mol. The van der Waals surface area contributed by atoms with E-state index in [9.17, 15) is 18.0 Å². The number of amides is 2. The molecule has 0 bridgehead atoms. The number of nitrogens with one attached hydrogen (secondary N) is 1. The molecule has 202 valence electrons. The SMILES string of the molecule is CC[C@@H](C(=O)NC)N(Cc1cccc(C)c1)C(=O)CN(c1cc(Cl)ccc1Cl)S(=O)(=O)c1ccc(C)cc1. The molecule has 0 aromatic heterocycles. The van der Waals surface area contributed by atoms with Crippen molar-refractivity contribution in [2.24, 2.45) is 0 Å². The number of hydrogen-bond acceptors (Lipinski definition) is 4. The Hall–Kier alpha value is -3.07. The van der Waals surface area contributed by atoms with E-state index >= 15 is 0 Å². The molecule has 10 heteroatoms. The van der Waals surface area contributed by atoms with Gasteiger partial charge in [0.15, 0.2) is 0 Å². The smallest absolute Gasteiger partial charge is 0.264 e. The lowest BCUT2D eigenvalue weighted by Gasteiger charge is -2.33. The second-order valence-corrected chi connectivity index (χ2v) is 11.7. The third kappa shape index (κ3) is 6.87. The van der Waals surface area contributed by atoms with Crippen LogP contribution >= 0.6 is 23.2 Å². The Balaban J connectivity index is 2.11. The molecule has 7 nitrogen and oxygen atoms in total. The van der Waals surface area contributed by atoms with Gasteiger partial charge in [-0.2, -0.15) is 0 Å². The van der Waals surface area contributed by atoms with Crippen LogP contribution in [0, 0.1) is 13.8 Å². The highest BCUT2D eigenvalue weighted by molar-refractivity contribution is 7.92. The number of likely N-dealkylation sites (N-methyl/N-ethyl adjacent to an activating group) is 1. The normalized spacial score (nSPS) is 12.1. The summed E-state index contributed by atoms with van der Waals surface area (Å²) in [5, 5.41) is 2.98. The fraction of sp³-hybridized carbons (Fsp3) is 0.286. The number of carbonyl (C=O) groups is 2. The van der Waals surface area contributed by atoms with E-state index in [1.807, 2.05) is 38.1 Å². The summed E-state index contributed by atoms with van der Waals surface area (Å²) in [6.45, 7) is 5.11. The van der Waals surface area contributed by atoms with Crippen molar-refractivity contribution in [2.75, 3.05) is 17.9 Å². The molecule has 38 heavy (non-hydrogen) atoms. The van der Waals surface area contributed by atoms with Crippen molar-refractivity contribution < 1.29 is 18.0 Å². The maximum atomic E-state index is 13.9. The van der Waals surface area contributed by atoms with Crippen LogP contribution in [0.2, 0.25) is 10.0 Å². The summed E-state index contributed by atoms with van der Waals surface area (Å²) in [5.74, 6) is -0.907. The van der Waals surface area contributed by atoms with Crippen LogP contribution in [0.3, 0.4) is 0 Å². The molecule has 0 fully saturated rings. The molecule has 0 unspecified atom stereocenters. The zero-order valence-electron chi connectivity index (χ0n) is 21.7. The number of aryl methyl sites for hydroxylation is 2. The molecule has 0 aliphatic heterocycles. The fourth-order valence-electron chi connectivity index (χ4n) is 4.12. The lowest BCUT2D eigenvalue weighted by Crippen LogP contribution is -2.51. The van der Waals surface area contributed by atoms with Gasteiger partial charge in [0.2, 0.25) is 11.8 Å². The highest BCUT2D eigenvalue weighted by Crippen LogP contribution is 2.33. The van der Waals surface area contributed by atoms with Gasteiger partial charge in [-0.1, -0.05) is 77.7 Å². The van der Waals surface area contributed by atoms with Crippen molar-refractivity contribution in [1.82, 2.24) is 10.2 Å². The minimum Gasteiger partial charge on any atom is -0.357 e. The number of rotatable bonds is 10. The minimum atomic E-state index is -4.23. The van der Waals surface area contributed by atoms with Gasteiger partial charge in [0, 0.05) is 18.6 Å². The number of hydrogen-bond donors (Lipinski definition) is 1. The molecule has 0 heterocycles. The Morgan fingerprint density at radius 1 is 0.947 bits per heavy atom. The molecule has 0 radical (unpaired) electrons. The Labute approximate surface area is 234 Å². The van der Waals surface area contributed by atoms with Gasteiger partial charge >= 0.3 is 0 Å². The summed E-state index contributed by atoms with van der Waals surface area (Å²) >= 11 is 12.6. The van der Waals surface area contributed by atoms with Crippen LogP contribution in [-0.2, 0) is 26.2 Å². The summed E-state index contributed by atoms with van der Waals surface area (Å²) in [6.07, 6.45) is 0.333. The molecule has 0 saturated carbocycles. The topological polar surface area (TPSA) is 86.8 Å². The molecule has 0 spiro atoms. The molecule has 0 saturated heterocycles. The van der Waals surface area contributed by atoms with Crippen LogP contribution in [0.5, 0.6) is 0 Å². The monoisotopic (exact) mass is 575 g/mol. The summed E-state index contributed by atoms with van der Waals surface area (Å²) in [6, 6.07) is 17.5. The second kappa shape index (κ2) is 12.7. The standard InChI is InChI=1S/C28H31Cl2N3O4S/c1-5-25(28(35)31-4)32(17-21-8-6-7-20(3)15-21)27(34)18-33(26-16-22(29)11-14-24(26)30)38(36,37)23-12-9-19(2)10-13-23/h6-16,25H,5,17-18H2,1-4H3,(H,31,35)/t25-/m0/s1. The van der Waals surface area contributed by atoms with Crippen LogP contribution in [0.15, 0.2) is 71.6 Å². The molecule has 3 aromatic carbocycles. The van der Waals surface area contributed by atoms with E-state index in [2.05, 4.69) is 5.32 Å². The molecular weight excluding hydrogens is 545 g/mol. The number of benzene rings is 3. The summed E-state index contributed by atoms with van der Waals surface area (Å²) in [4.78, 5) is 28.1. The molecular formula is C28H31Cl2N3O4S. The van der Waals surface area contributed by atoms with Gasteiger partial charge in [-0.15, -0.1) is 0 Å². The summed E-state index contributed by atoms with van der Waals surface area (Å²) in [5.41, 5.74) is 2.76. The molecule has 0 aliphatic rings. The lowest BCUT2D eigenvalue weighted by atomic mass is 10.1. The molecule has 3 aromatic rings. The van der Waals surface area contributed by atoms with Crippen LogP contribution in [0.4, 0.5) is 5.69 Å². The summed E-state index contributed by atoms with van der Waals surface area (Å²) in [7, 11) is -2.73. The van der Waals surface area contributed by atoms with Gasteiger partial charge in [0.05, 0.1) is 15.6 Å². The number of nitrogens with zero attached hydrogens (tertiary/aromatic N) is 2. The Bertz CT molecular complexity index is 1410. The van der Waals surface area contributed by atoms with Crippen LogP contribution < -0.4 is 9.62 Å². The van der Waals surface area contributed by atoms with E-state index in [1.165, 1.54) is 42.3 Å². The first-order valence-electron chi connectivity index (χ1n) is 12.1. The number of carbonyl (C=O) groups excluding carboxylic acids is 2. The van der Waals surface area contributed by atoms with Crippen molar-refractivity contribution >= 4 is 50.7 Å². The van der Waals surface area contributed by atoms with Gasteiger partial charge in [0.25, 0.3) is 10.0 Å². The third-order valence-corrected chi connectivity index (χ3v) is 8.46. The first-order chi connectivity index (χ1) is 18.0. The van der Waals surface area contributed by atoms with Gasteiger partial charge < -0.3 is 10.2 Å². The van der Waals surface area contributed by atoms with Crippen LogP contribution in [-0.4, -0.2) is 44.8 Å². The minimum absolute atomic E-state index is 0.00415. The highest BCUT2D eigenvalue weighted by Gasteiger charge is 2.34. The molecule has 1 atom stereocenters. The van der Waals surface area contributed by atoms with Crippen molar-refractivity contribution in [3.63, 3.8) is 0 Å². The van der Waals surface area contributed by atoms with Crippen LogP contribution in [0.25, 0.3) is 0 Å². The van der Waals surface area contributed by atoms with Gasteiger partial charge in [-0.3, -0.25) is 13.9 Å². The zero-order chi connectivity index (χ0) is 28.0. The van der Waals surface area contributed by atoms with Crippen molar-refractivity contribution in [3.05, 3.63) is 93.5 Å². The van der Waals surface area contributed by atoms with E-state index < -0.39 is 28.5 Å². The predicted octanol–water partition coefficient (Wildman–Crippen LogP) is 5.36. The molecule has 3 rings (SSSR count). The zero-order valence-corrected chi connectivity index (χ0v) is 24.1. The highest BCUT2D eigenvalue weighted by atomic mass is 35.5. The average Bonchev–Trinajstić information content (AvgIpc) is 2.88. The van der Waals surface area contributed by atoms with Crippen molar-refractivity contribution in [2.45, 2.75) is 44.7 Å². The van der Waals surface area contributed by atoms with E-state index in [4.69, 9.17) is 23.2 Å². The van der Waals surface area contributed by atoms with Crippen molar-refractivity contribution in [3.8, 4) is 0 Å². The maximum Gasteiger partial charge on any atom is 0.264 e. The number of sulfonamides is 1. The number of halogens is 2. The largest absolute Gasteiger partial charge is 0.357 e. The Kier molecular flexibility index (Phi) is 9.82. The quantitative estimate of drug-likeness (QED) is 0.352. The van der Waals surface area contributed by atoms with Gasteiger partial charge in [-0.05, 0) is 56.2 Å². The van der Waals surface area contributed by atoms with Crippen LogP contribution in [0.1, 0.15) is 30.0 Å². The first-order valence-corrected chi connectivity index (χ1v) is 14.3. The number of anilines is 1. The maximum absolute atomic E-state index is 13.9. The first kappa shape index (κ1) is 29.5. The van der Waals surface area contributed by atoms with E-state index in [-0.39, 0.29) is 33.1 Å². The Morgan fingerprint density at radius 3 is 2.24 bits per heavy atom.